The molecule has 5 heteroatoms. The highest BCUT2D eigenvalue weighted by atomic mass is 16.5. The van der Waals surface area contributed by atoms with Gasteiger partial charge in [0.25, 0.3) is 0 Å². The van der Waals surface area contributed by atoms with E-state index in [0.29, 0.717) is 18.1 Å². The summed E-state index contributed by atoms with van der Waals surface area (Å²) < 4.78 is 15.6. The highest BCUT2D eigenvalue weighted by Gasteiger charge is 2.20. The first-order valence-corrected chi connectivity index (χ1v) is 7.21. The zero-order chi connectivity index (χ0) is 15.8. The molecule has 1 N–H and O–H groups in total. The lowest BCUT2D eigenvalue weighted by atomic mass is 10.0. The molecule has 0 spiro atoms. The molecule has 0 heterocycles. The maximum atomic E-state index is 11.7. The smallest absolute Gasteiger partial charge is 0.322 e. The minimum atomic E-state index is -0.358. The summed E-state index contributed by atoms with van der Waals surface area (Å²) >= 11 is 0. The number of carbonyl (C=O) groups is 1. The quantitative estimate of drug-likeness (QED) is 0.747. The molecule has 0 radical (unpaired) electrons. The highest BCUT2D eigenvalue weighted by Crippen LogP contribution is 2.31. The fraction of sp³-hybridized carbons (Fsp3) is 0.562. The highest BCUT2D eigenvalue weighted by molar-refractivity contribution is 5.75. The average Bonchev–Trinajstić information content (AvgIpc) is 2.51. The molecule has 0 fully saturated rings. The minimum absolute atomic E-state index is 0.0456. The molecule has 2 unspecified atom stereocenters. The third-order valence-electron chi connectivity index (χ3n) is 3.31. The first-order valence-electron chi connectivity index (χ1n) is 7.21. The number of ether oxygens (including phenoxy) is 3. The topological polar surface area (TPSA) is 56.8 Å². The molecule has 1 aromatic carbocycles. The summed E-state index contributed by atoms with van der Waals surface area (Å²) in [5.41, 5.74) is 1.05. The lowest BCUT2D eigenvalue weighted by Gasteiger charge is -2.22. The van der Waals surface area contributed by atoms with E-state index in [4.69, 9.17) is 14.2 Å². The minimum Gasteiger partial charge on any atom is -0.493 e. The van der Waals surface area contributed by atoms with Crippen LogP contribution in [0.2, 0.25) is 0 Å². The molecule has 21 heavy (non-hydrogen) atoms. The monoisotopic (exact) mass is 295 g/mol. The van der Waals surface area contributed by atoms with Crippen LogP contribution in [0.15, 0.2) is 18.2 Å². The molecular formula is C16H25NO4. The molecule has 0 aromatic heterocycles. The van der Waals surface area contributed by atoms with E-state index in [9.17, 15) is 4.79 Å². The zero-order valence-electron chi connectivity index (χ0n) is 13.4. The number of rotatable bonds is 8. The summed E-state index contributed by atoms with van der Waals surface area (Å²) in [6, 6.07) is 5.46. The van der Waals surface area contributed by atoms with Crippen LogP contribution in [0, 0.1) is 0 Å². The Morgan fingerprint density at radius 1 is 1.19 bits per heavy atom. The van der Waals surface area contributed by atoms with Crippen molar-refractivity contribution in [3.63, 3.8) is 0 Å². The molecular weight excluding hydrogens is 270 g/mol. The van der Waals surface area contributed by atoms with Crippen molar-refractivity contribution < 1.29 is 19.0 Å². The van der Waals surface area contributed by atoms with Crippen molar-refractivity contribution in [1.29, 1.82) is 0 Å². The van der Waals surface area contributed by atoms with Gasteiger partial charge in [-0.15, -0.1) is 0 Å². The van der Waals surface area contributed by atoms with Crippen LogP contribution in [0.3, 0.4) is 0 Å². The van der Waals surface area contributed by atoms with Crippen LogP contribution in [0.5, 0.6) is 11.5 Å². The van der Waals surface area contributed by atoms with Gasteiger partial charge in [0.05, 0.1) is 20.8 Å². The summed E-state index contributed by atoms with van der Waals surface area (Å²) in [4.78, 5) is 11.7. The van der Waals surface area contributed by atoms with Gasteiger partial charge in [-0.2, -0.15) is 0 Å². The first kappa shape index (κ1) is 17.3. The second-order valence-corrected chi connectivity index (χ2v) is 4.72. The predicted octanol–water partition coefficient (Wildman–Crippen LogP) is 2.70. The van der Waals surface area contributed by atoms with E-state index in [1.807, 2.05) is 18.2 Å². The van der Waals surface area contributed by atoms with Gasteiger partial charge < -0.3 is 14.2 Å². The predicted molar refractivity (Wildman–Crippen MR) is 81.8 cm³/mol. The second kappa shape index (κ2) is 8.52. The van der Waals surface area contributed by atoms with E-state index < -0.39 is 0 Å². The molecule has 0 saturated heterocycles. The molecule has 5 nitrogen and oxygen atoms in total. The summed E-state index contributed by atoms with van der Waals surface area (Å²) in [6.45, 7) is 6.06. The molecule has 0 aliphatic carbocycles. The van der Waals surface area contributed by atoms with Gasteiger partial charge in [-0.25, -0.2) is 0 Å². The molecule has 0 amide bonds. The zero-order valence-corrected chi connectivity index (χ0v) is 13.4. The van der Waals surface area contributed by atoms with Crippen LogP contribution < -0.4 is 14.8 Å². The van der Waals surface area contributed by atoms with Crippen molar-refractivity contribution in [2.45, 2.75) is 39.3 Å². The maximum Gasteiger partial charge on any atom is 0.322 e. The van der Waals surface area contributed by atoms with Crippen molar-refractivity contribution in [2.75, 3.05) is 20.8 Å². The number of carbonyl (C=O) groups excluding carboxylic acids is 1. The van der Waals surface area contributed by atoms with Gasteiger partial charge in [0.15, 0.2) is 11.5 Å². The van der Waals surface area contributed by atoms with Crippen molar-refractivity contribution in [1.82, 2.24) is 5.32 Å². The maximum absolute atomic E-state index is 11.7. The van der Waals surface area contributed by atoms with Crippen molar-refractivity contribution in [3.05, 3.63) is 23.8 Å². The number of hydrogen-bond acceptors (Lipinski definition) is 5. The third-order valence-corrected chi connectivity index (χ3v) is 3.31. The fourth-order valence-electron chi connectivity index (χ4n) is 2.16. The van der Waals surface area contributed by atoms with E-state index in [1.165, 1.54) is 0 Å². The number of methoxy groups -OCH3 is 2. The molecule has 1 aromatic rings. The molecule has 0 saturated carbocycles. The van der Waals surface area contributed by atoms with Crippen LogP contribution in [-0.2, 0) is 9.53 Å². The van der Waals surface area contributed by atoms with E-state index >= 15 is 0 Å². The number of nitrogens with one attached hydrogen (secondary N) is 1. The Labute approximate surface area is 126 Å². The van der Waals surface area contributed by atoms with Gasteiger partial charge in [-0.05, 0) is 38.0 Å². The Morgan fingerprint density at radius 3 is 2.38 bits per heavy atom. The lowest BCUT2D eigenvalue weighted by Crippen LogP contribution is -2.37. The summed E-state index contributed by atoms with van der Waals surface area (Å²) in [5, 5.41) is 3.29. The van der Waals surface area contributed by atoms with Gasteiger partial charge in [-0.3, -0.25) is 10.1 Å². The standard InChI is InChI=1S/C16H25NO4/c1-6-13(17-11(3)16(18)21-7-2)12-8-9-14(19-4)15(10-12)20-5/h8-11,13,17H,6-7H2,1-5H3. The molecule has 0 aliphatic heterocycles. The summed E-state index contributed by atoms with van der Waals surface area (Å²) in [7, 11) is 3.22. The Balaban J connectivity index is 2.87. The largest absolute Gasteiger partial charge is 0.493 e. The van der Waals surface area contributed by atoms with E-state index in [0.717, 1.165) is 12.0 Å². The van der Waals surface area contributed by atoms with Crippen LogP contribution in [0.1, 0.15) is 38.8 Å². The van der Waals surface area contributed by atoms with Gasteiger partial charge in [-0.1, -0.05) is 13.0 Å². The third kappa shape index (κ3) is 4.63. The fourth-order valence-corrected chi connectivity index (χ4v) is 2.16. The van der Waals surface area contributed by atoms with Crippen molar-refractivity contribution in [2.24, 2.45) is 0 Å². The van der Waals surface area contributed by atoms with Gasteiger partial charge in [0.1, 0.15) is 6.04 Å². The second-order valence-electron chi connectivity index (χ2n) is 4.72. The van der Waals surface area contributed by atoms with Gasteiger partial charge in [0, 0.05) is 6.04 Å². The Hall–Kier alpha value is -1.75. The normalized spacial score (nSPS) is 13.4. The van der Waals surface area contributed by atoms with Crippen LogP contribution >= 0.6 is 0 Å². The van der Waals surface area contributed by atoms with E-state index in [1.54, 1.807) is 28.1 Å². The molecule has 2 atom stereocenters. The first-order chi connectivity index (χ1) is 10.1. The summed E-state index contributed by atoms with van der Waals surface area (Å²) in [6.07, 6.45) is 0.846. The molecule has 0 bridgehead atoms. The number of hydrogen-bond donors (Lipinski definition) is 1. The van der Waals surface area contributed by atoms with Gasteiger partial charge in [0.2, 0.25) is 0 Å². The Morgan fingerprint density at radius 2 is 1.86 bits per heavy atom. The van der Waals surface area contributed by atoms with Crippen molar-refractivity contribution >= 4 is 5.97 Å². The lowest BCUT2D eigenvalue weighted by molar-refractivity contribution is -0.145. The molecule has 118 valence electrons. The number of benzene rings is 1. The SMILES string of the molecule is CCOC(=O)C(C)NC(CC)c1ccc(OC)c(OC)c1. The van der Waals surface area contributed by atoms with Crippen molar-refractivity contribution in [3.8, 4) is 11.5 Å². The Bertz CT molecular complexity index is 462. The van der Waals surface area contributed by atoms with E-state index in [2.05, 4.69) is 12.2 Å². The Kier molecular flexibility index (Phi) is 7.02. The molecule has 1 rings (SSSR count). The number of esters is 1. The van der Waals surface area contributed by atoms with Gasteiger partial charge >= 0.3 is 5.97 Å². The summed E-state index contributed by atoms with van der Waals surface area (Å²) in [5.74, 6) is 1.13. The van der Waals surface area contributed by atoms with Crippen LogP contribution in [0.4, 0.5) is 0 Å². The van der Waals surface area contributed by atoms with Crippen LogP contribution in [-0.4, -0.2) is 32.8 Å². The average molecular weight is 295 g/mol. The van der Waals surface area contributed by atoms with Crippen LogP contribution in [0.25, 0.3) is 0 Å². The molecule has 0 aliphatic rings. The van der Waals surface area contributed by atoms with E-state index in [-0.39, 0.29) is 18.1 Å².